The minimum atomic E-state index is -1.06. The van der Waals surface area contributed by atoms with Crippen LogP contribution in [-0.4, -0.2) is 4.21 Å². The minimum absolute atomic E-state index is 0.544. The van der Waals surface area contributed by atoms with Crippen molar-refractivity contribution in [3.8, 4) is 0 Å². The van der Waals surface area contributed by atoms with E-state index in [9.17, 15) is 4.21 Å². The van der Waals surface area contributed by atoms with E-state index in [1.807, 2.05) is 31.2 Å². The third-order valence-electron chi connectivity index (χ3n) is 3.49. The number of benzene rings is 2. The first-order valence-corrected chi connectivity index (χ1v) is 7.61. The monoisotopic (exact) mass is 273 g/mol. The molecule has 2 nitrogen and oxygen atoms in total. The highest BCUT2D eigenvalue weighted by Crippen LogP contribution is 2.23. The summed E-state index contributed by atoms with van der Waals surface area (Å²) in [5.41, 5.74) is 11.1. The van der Waals surface area contributed by atoms with Crippen molar-refractivity contribution in [2.75, 3.05) is 5.73 Å². The Morgan fingerprint density at radius 2 is 1.58 bits per heavy atom. The van der Waals surface area contributed by atoms with Gasteiger partial charge in [-0.05, 0) is 55.2 Å². The minimum Gasteiger partial charge on any atom is -0.398 e. The Morgan fingerprint density at radius 3 is 2.21 bits per heavy atom. The van der Waals surface area contributed by atoms with Crippen LogP contribution in [-0.2, 0) is 16.6 Å². The van der Waals surface area contributed by atoms with Gasteiger partial charge >= 0.3 is 0 Å². The van der Waals surface area contributed by atoms with E-state index in [0.717, 1.165) is 10.5 Å². The first-order valence-electron chi connectivity index (χ1n) is 6.29. The summed E-state index contributed by atoms with van der Waals surface area (Å²) in [4.78, 5) is 0.836. The molecule has 0 aliphatic heterocycles. The third kappa shape index (κ3) is 2.87. The topological polar surface area (TPSA) is 43.1 Å². The zero-order valence-electron chi connectivity index (χ0n) is 11.6. The lowest BCUT2D eigenvalue weighted by molar-refractivity contribution is 0.682. The summed E-state index contributed by atoms with van der Waals surface area (Å²) in [6, 6.07) is 11.8. The number of hydrogen-bond acceptors (Lipinski definition) is 2. The lowest BCUT2D eigenvalue weighted by atomic mass is 10.1. The van der Waals surface area contributed by atoms with Gasteiger partial charge in [0.1, 0.15) is 0 Å². The summed E-state index contributed by atoms with van der Waals surface area (Å²) in [6.07, 6.45) is 0. The van der Waals surface area contributed by atoms with E-state index in [1.54, 1.807) is 0 Å². The molecular formula is C16H19NOS. The maximum atomic E-state index is 12.5. The molecule has 0 amide bonds. The van der Waals surface area contributed by atoms with Gasteiger partial charge in [0.15, 0.2) is 0 Å². The molecular weight excluding hydrogens is 254 g/mol. The van der Waals surface area contributed by atoms with E-state index < -0.39 is 10.8 Å². The first-order chi connectivity index (χ1) is 9.00. The Balaban J connectivity index is 2.34. The molecule has 0 fully saturated rings. The van der Waals surface area contributed by atoms with Gasteiger partial charge in [-0.1, -0.05) is 24.3 Å². The second kappa shape index (κ2) is 5.57. The Labute approximate surface area is 117 Å². The van der Waals surface area contributed by atoms with Crippen molar-refractivity contribution >= 4 is 16.5 Å². The first kappa shape index (κ1) is 13.8. The Bertz CT molecular complexity index is 614. The van der Waals surface area contributed by atoms with Crippen molar-refractivity contribution in [2.45, 2.75) is 31.4 Å². The molecule has 2 aromatic rings. The number of nitrogen functional groups attached to an aromatic ring is 1. The summed E-state index contributed by atoms with van der Waals surface area (Å²) in [7, 11) is -1.06. The fraction of sp³-hybridized carbons (Fsp3) is 0.250. The van der Waals surface area contributed by atoms with Gasteiger partial charge in [-0.15, -0.1) is 0 Å². The number of anilines is 1. The van der Waals surface area contributed by atoms with Crippen LogP contribution in [0, 0.1) is 20.8 Å². The van der Waals surface area contributed by atoms with Crippen LogP contribution in [0.15, 0.2) is 41.3 Å². The number of rotatable bonds is 3. The van der Waals surface area contributed by atoms with Gasteiger partial charge in [-0.2, -0.15) is 0 Å². The molecule has 0 spiro atoms. The van der Waals surface area contributed by atoms with Crippen LogP contribution in [0.25, 0.3) is 0 Å². The standard InChI is InChI=1S/C16H19NOS/c1-11-6-4-7-12(2)14(11)10-19(18)16-9-5-8-15(17)13(16)3/h4-9H,10,17H2,1-3H3. The predicted molar refractivity (Wildman–Crippen MR) is 81.6 cm³/mol. The fourth-order valence-electron chi connectivity index (χ4n) is 2.16. The van der Waals surface area contributed by atoms with E-state index in [0.29, 0.717) is 11.4 Å². The molecule has 0 aromatic heterocycles. The molecule has 0 aliphatic carbocycles. The fourth-order valence-corrected chi connectivity index (χ4v) is 3.73. The van der Waals surface area contributed by atoms with E-state index in [1.165, 1.54) is 16.7 Å². The summed E-state index contributed by atoms with van der Waals surface area (Å²) >= 11 is 0. The highest BCUT2D eigenvalue weighted by atomic mass is 32.2. The maximum Gasteiger partial charge on any atom is 0.0577 e. The Hall–Kier alpha value is -1.61. The van der Waals surface area contributed by atoms with E-state index in [4.69, 9.17) is 5.73 Å². The van der Waals surface area contributed by atoms with Crippen molar-refractivity contribution < 1.29 is 4.21 Å². The zero-order valence-corrected chi connectivity index (χ0v) is 12.4. The third-order valence-corrected chi connectivity index (χ3v) is 4.97. The van der Waals surface area contributed by atoms with Gasteiger partial charge in [-0.3, -0.25) is 4.21 Å². The molecule has 2 aromatic carbocycles. The molecule has 0 saturated carbocycles. The van der Waals surface area contributed by atoms with Gasteiger partial charge < -0.3 is 5.73 Å². The van der Waals surface area contributed by atoms with Crippen molar-refractivity contribution in [3.05, 3.63) is 58.7 Å². The molecule has 3 heteroatoms. The largest absolute Gasteiger partial charge is 0.398 e. The molecule has 0 aliphatic rings. The highest BCUT2D eigenvalue weighted by molar-refractivity contribution is 7.84. The smallest absolute Gasteiger partial charge is 0.0577 e. The molecule has 0 heterocycles. The number of nitrogens with two attached hydrogens (primary N) is 1. The van der Waals surface area contributed by atoms with Crippen LogP contribution in [0.1, 0.15) is 22.3 Å². The predicted octanol–water partition coefficient (Wildman–Crippen LogP) is 3.50. The number of hydrogen-bond donors (Lipinski definition) is 1. The Kier molecular flexibility index (Phi) is 4.05. The van der Waals surface area contributed by atoms with Crippen LogP contribution >= 0.6 is 0 Å². The maximum absolute atomic E-state index is 12.5. The van der Waals surface area contributed by atoms with Gasteiger partial charge in [0.05, 0.1) is 16.6 Å². The molecule has 19 heavy (non-hydrogen) atoms. The molecule has 1 atom stereocenters. The molecule has 1 unspecified atom stereocenters. The number of aryl methyl sites for hydroxylation is 2. The SMILES string of the molecule is Cc1cccc(C)c1CS(=O)c1cccc(N)c1C. The molecule has 2 rings (SSSR count). The second-order valence-corrected chi connectivity index (χ2v) is 6.25. The summed E-state index contributed by atoms with van der Waals surface area (Å²) in [5, 5.41) is 0. The van der Waals surface area contributed by atoms with Crippen molar-refractivity contribution in [2.24, 2.45) is 0 Å². The van der Waals surface area contributed by atoms with Crippen LogP contribution < -0.4 is 5.73 Å². The second-order valence-electron chi connectivity index (χ2n) is 4.83. The normalized spacial score (nSPS) is 12.4. The van der Waals surface area contributed by atoms with Crippen molar-refractivity contribution in [1.82, 2.24) is 0 Å². The highest BCUT2D eigenvalue weighted by Gasteiger charge is 2.12. The quantitative estimate of drug-likeness (QED) is 0.870. The molecule has 100 valence electrons. The molecule has 0 saturated heterocycles. The summed E-state index contributed by atoms with van der Waals surface area (Å²) in [5.74, 6) is 0.544. The summed E-state index contributed by atoms with van der Waals surface area (Å²) < 4.78 is 12.5. The average Bonchev–Trinajstić information content (AvgIpc) is 2.37. The summed E-state index contributed by atoms with van der Waals surface area (Å²) in [6.45, 7) is 6.05. The van der Waals surface area contributed by atoms with Crippen LogP contribution in [0.3, 0.4) is 0 Å². The van der Waals surface area contributed by atoms with E-state index in [2.05, 4.69) is 26.0 Å². The Morgan fingerprint density at radius 1 is 1.00 bits per heavy atom. The van der Waals surface area contributed by atoms with Gasteiger partial charge in [-0.25, -0.2) is 0 Å². The lowest BCUT2D eigenvalue weighted by Crippen LogP contribution is -2.03. The molecule has 2 N–H and O–H groups in total. The zero-order chi connectivity index (χ0) is 14.0. The van der Waals surface area contributed by atoms with Gasteiger partial charge in [0, 0.05) is 10.6 Å². The molecule has 0 radical (unpaired) electrons. The van der Waals surface area contributed by atoms with Crippen LogP contribution in [0.4, 0.5) is 5.69 Å². The average molecular weight is 273 g/mol. The van der Waals surface area contributed by atoms with E-state index in [-0.39, 0.29) is 0 Å². The van der Waals surface area contributed by atoms with Crippen molar-refractivity contribution in [3.63, 3.8) is 0 Å². The molecule has 0 bridgehead atoms. The van der Waals surface area contributed by atoms with Crippen LogP contribution in [0.2, 0.25) is 0 Å². The van der Waals surface area contributed by atoms with Crippen molar-refractivity contribution in [1.29, 1.82) is 0 Å². The van der Waals surface area contributed by atoms with Crippen LogP contribution in [0.5, 0.6) is 0 Å². The van der Waals surface area contributed by atoms with Gasteiger partial charge in [0.2, 0.25) is 0 Å². The lowest BCUT2D eigenvalue weighted by Gasteiger charge is -2.12. The van der Waals surface area contributed by atoms with E-state index >= 15 is 0 Å². The van der Waals surface area contributed by atoms with Gasteiger partial charge in [0.25, 0.3) is 0 Å².